The largest absolute Gasteiger partial charge is 0.398 e. The number of nitrogens with two attached hydrogens (primary N) is 1. The number of anilines is 3. The molecule has 0 atom stereocenters. The Morgan fingerprint density at radius 1 is 1.22 bits per heavy atom. The van der Waals surface area contributed by atoms with Gasteiger partial charge in [-0.2, -0.15) is 0 Å². The predicted octanol–water partition coefficient (Wildman–Crippen LogP) is 4.84. The number of rotatable bonds is 2. The lowest BCUT2D eigenvalue weighted by Crippen LogP contribution is -2.01. The molecule has 0 bridgehead atoms. The van der Waals surface area contributed by atoms with Crippen molar-refractivity contribution >= 4 is 63.0 Å². The van der Waals surface area contributed by atoms with Gasteiger partial charge in [0.1, 0.15) is 17.0 Å². The fourth-order valence-electron chi connectivity index (χ4n) is 2.99. The van der Waals surface area contributed by atoms with Crippen molar-refractivity contribution in [2.24, 2.45) is 0 Å². The van der Waals surface area contributed by atoms with E-state index >= 15 is 0 Å². The van der Waals surface area contributed by atoms with Gasteiger partial charge in [-0.15, -0.1) is 24.0 Å². The quantitative estimate of drug-likeness (QED) is 0.451. The molecule has 0 unspecified atom stereocenters. The molecule has 1 aliphatic carbocycles. The predicted molar refractivity (Wildman–Crippen MR) is 100 cm³/mol. The maximum absolute atomic E-state index is 6.30. The van der Waals surface area contributed by atoms with Crippen LogP contribution in [-0.2, 0) is 12.8 Å². The molecule has 3 N–H and O–H groups in total. The number of nitrogens with zero attached hydrogens (tertiary/aromatic N) is 2. The SMILES string of the molecule is Nc1cc(Cl)c(Nc2ncnc3sc4c(c23)CCCC4)cc1S. The van der Waals surface area contributed by atoms with Gasteiger partial charge in [-0.1, -0.05) is 11.6 Å². The smallest absolute Gasteiger partial charge is 0.142 e. The molecule has 0 saturated carbocycles. The van der Waals surface area contributed by atoms with Crippen molar-refractivity contribution in [1.29, 1.82) is 0 Å². The molecule has 0 radical (unpaired) electrons. The highest BCUT2D eigenvalue weighted by Crippen LogP contribution is 2.40. The number of fused-ring (bicyclic) bond motifs is 3. The fraction of sp³-hybridized carbons (Fsp3) is 0.250. The van der Waals surface area contributed by atoms with Gasteiger partial charge < -0.3 is 11.1 Å². The number of hydrogen-bond donors (Lipinski definition) is 3. The summed E-state index contributed by atoms with van der Waals surface area (Å²) in [7, 11) is 0. The minimum atomic E-state index is 0.552. The monoisotopic (exact) mass is 362 g/mol. The Morgan fingerprint density at radius 2 is 2.04 bits per heavy atom. The molecular weight excluding hydrogens is 348 g/mol. The summed E-state index contributed by atoms with van der Waals surface area (Å²) in [5.74, 6) is 0.800. The Balaban J connectivity index is 1.83. The topological polar surface area (TPSA) is 63.8 Å². The first-order valence-corrected chi connectivity index (χ1v) is 9.08. The normalized spacial score (nSPS) is 14.0. The molecule has 0 fully saturated rings. The summed E-state index contributed by atoms with van der Waals surface area (Å²) in [6, 6.07) is 3.53. The zero-order valence-corrected chi connectivity index (χ0v) is 14.7. The Labute approximate surface area is 148 Å². The maximum atomic E-state index is 6.30. The molecule has 118 valence electrons. The van der Waals surface area contributed by atoms with Crippen molar-refractivity contribution in [2.45, 2.75) is 30.6 Å². The summed E-state index contributed by atoms with van der Waals surface area (Å²) < 4.78 is 0. The van der Waals surface area contributed by atoms with E-state index in [1.165, 1.54) is 23.3 Å². The Kier molecular flexibility index (Phi) is 3.83. The van der Waals surface area contributed by atoms with Crippen molar-refractivity contribution in [3.05, 3.63) is 33.9 Å². The standard InChI is InChI=1S/C16H15ClN4S2/c17-9-5-10(18)12(22)6-11(9)21-15-14-8-3-1-2-4-13(8)23-16(14)20-7-19-15/h5-7,22H,1-4,18H2,(H,19,20,21). The third-order valence-corrected chi connectivity index (χ3v) is 6.02. The second-order valence-electron chi connectivity index (χ2n) is 5.63. The van der Waals surface area contributed by atoms with Crippen molar-refractivity contribution < 1.29 is 0 Å². The van der Waals surface area contributed by atoms with Crippen LogP contribution < -0.4 is 11.1 Å². The number of benzene rings is 1. The lowest BCUT2D eigenvalue weighted by Gasteiger charge is -2.13. The molecular formula is C16H15ClN4S2. The highest BCUT2D eigenvalue weighted by Gasteiger charge is 2.20. The van der Waals surface area contributed by atoms with E-state index in [1.54, 1.807) is 23.7 Å². The molecule has 2 aromatic heterocycles. The third-order valence-electron chi connectivity index (χ3n) is 4.12. The van der Waals surface area contributed by atoms with Gasteiger partial charge >= 0.3 is 0 Å². The molecule has 7 heteroatoms. The summed E-state index contributed by atoms with van der Waals surface area (Å²) in [6.07, 6.45) is 6.29. The Hall–Kier alpha value is -1.50. The summed E-state index contributed by atoms with van der Waals surface area (Å²) in [4.78, 5) is 12.0. The first-order valence-electron chi connectivity index (χ1n) is 7.43. The van der Waals surface area contributed by atoms with Gasteiger partial charge in [0.25, 0.3) is 0 Å². The third kappa shape index (κ3) is 2.65. The molecule has 1 aliphatic rings. The fourth-order valence-corrected chi connectivity index (χ4v) is 4.63. The van der Waals surface area contributed by atoms with E-state index in [0.29, 0.717) is 15.6 Å². The number of aryl methyl sites for hydroxylation is 2. The van der Waals surface area contributed by atoms with E-state index in [-0.39, 0.29) is 0 Å². The minimum Gasteiger partial charge on any atom is -0.398 e. The number of nitrogens with one attached hydrogen (secondary N) is 1. The number of hydrogen-bond acceptors (Lipinski definition) is 6. The van der Waals surface area contributed by atoms with Crippen LogP contribution in [0.4, 0.5) is 17.2 Å². The number of nitrogen functional groups attached to an aromatic ring is 1. The molecule has 0 saturated heterocycles. The molecule has 3 aromatic rings. The Morgan fingerprint density at radius 3 is 2.91 bits per heavy atom. The molecule has 4 nitrogen and oxygen atoms in total. The minimum absolute atomic E-state index is 0.552. The Bertz CT molecular complexity index is 907. The van der Waals surface area contributed by atoms with Crippen LogP contribution in [0.2, 0.25) is 5.02 Å². The second kappa shape index (κ2) is 5.85. The first-order chi connectivity index (χ1) is 11.1. The van der Waals surface area contributed by atoms with Crippen LogP contribution in [0.15, 0.2) is 23.4 Å². The average Bonchev–Trinajstić information content (AvgIpc) is 2.92. The van der Waals surface area contributed by atoms with Crippen molar-refractivity contribution in [1.82, 2.24) is 9.97 Å². The summed E-state index contributed by atoms with van der Waals surface area (Å²) in [6.45, 7) is 0. The van der Waals surface area contributed by atoms with Crippen LogP contribution >= 0.6 is 35.6 Å². The summed E-state index contributed by atoms with van der Waals surface area (Å²) in [5.41, 5.74) is 8.53. The van der Waals surface area contributed by atoms with E-state index in [0.717, 1.165) is 34.6 Å². The molecule has 2 heterocycles. The van der Waals surface area contributed by atoms with E-state index in [2.05, 4.69) is 27.9 Å². The van der Waals surface area contributed by atoms with Crippen molar-refractivity contribution in [3.8, 4) is 0 Å². The first kappa shape index (κ1) is 15.1. The number of halogens is 1. The van der Waals surface area contributed by atoms with E-state index < -0.39 is 0 Å². The van der Waals surface area contributed by atoms with E-state index in [9.17, 15) is 0 Å². The number of thiol groups is 1. The maximum Gasteiger partial charge on any atom is 0.142 e. The molecule has 0 aliphatic heterocycles. The highest BCUT2D eigenvalue weighted by atomic mass is 35.5. The van der Waals surface area contributed by atoms with Crippen LogP contribution in [0.25, 0.3) is 10.2 Å². The van der Waals surface area contributed by atoms with Crippen LogP contribution in [0.5, 0.6) is 0 Å². The van der Waals surface area contributed by atoms with Gasteiger partial charge in [0.05, 0.1) is 16.1 Å². The van der Waals surface area contributed by atoms with Crippen LogP contribution in [0, 0.1) is 0 Å². The van der Waals surface area contributed by atoms with Gasteiger partial charge in [-0.3, -0.25) is 0 Å². The number of aromatic nitrogens is 2. The second-order valence-corrected chi connectivity index (χ2v) is 7.60. The average molecular weight is 363 g/mol. The lowest BCUT2D eigenvalue weighted by atomic mass is 9.97. The van der Waals surface area contributed by atoms with Crippen LogP contribution in [-0.4, -0.2) is 9.97 Å². The van der Waals surface area contributed by atoms with Gasteiger partial charge in [-0.25, -0.2) is 9.97 Å². The molecule has 23 heavy (non-hydrogen) atoms. The summed E-state index contributed by atoms with van der Waals surface area (Å²) >= 11 is 12.4. The van der Waals surface area contributed by atoms with E-state index in [1.807, 2.05) is 6.07 Å². The van der Waals surface area contributed by atoms with Gasteiger partial charge in [0.2, 0.25) is 0 Å². The molecule has 0 amide bonds. The highest BCUT2D eigenvalue weighted by molar-refractivity contribution is 7.80. The van der Waals surface area contributed by atoms with Crippen LogP contribution in [0.3, 0.4) is 0 Å². The molecule has 1 aromatic carbocycles. The van der Waals surface area contributed by atoms with Gasteiger partial charge in [0.15, 0.2) is 0 Å². The van der Waals surface area contributed by atoms with E-state index in [4.69, 9.17) is 17.3 Å². The molecule has 0 spiro atoms. The van der Waals surface area contributed by atoms with Gasteiger partial charge in [0, 0.05) is 15.5 Å². The van der Waals surface area contributed by atoms with Gasteiger partial charge in [-0.05, 0) is 43.4 Å². The zero-order valence-electron chi connectivity index (χ0n) is 12.3. The van der Waals surface area contributed by atoms with Crippen molar-refractivity contribution in [2.75, 3.05) is 11.1 Å². The summed E-state index contributed by atoms with van der Waals surface area (Å²) in [5, 5.41) is 5.02. The van der Waals surface area contributed by atoms with Crippen molar-refractivity contribution in [3.63, 3.8) is 0 Å². The lowest BCUT2D eigenvalue weighted by molar-refractivity contribution is 0.700. The molecule has 4 rings (SSSR count). The number of thiophene rings is 1. The van der Waals surface area contributed by atoms with Crippen LogP contribution in [0.1, 0.15) is 23.3 Å². The zero-order chi connectivity index (χ0) is 16.0.